The largest absolute Gasteiger partial charge is 0.349 e. The number of nitrogens with zero attached hydrogens (tertiary/aromatic N) is 1. The monoisotopic (exact) mass is 291 g/mol. The molecule has 0 aliphatic heterocycles. The van der Waals surface area contributed by atoms with Gasteiger partial charge in [0.1, 0.15) is 5.82 Å². The summed E-state index contributed by atoms with van der Waals surface area (Å²) in [5, 5.41) is 1.19. The molecule has 2 aromatic rings. The Kier molecular flexibility index (Phi) is 5.09. The van der Waals surface area contributed by atoms with Gasteiger partial charge in [0.05, 0.1) is 0 Å². The van der Waals surface area contributed by atoms with E-state index in [1.165, 1.54) is 5.41 Å². The number of hydrogen-bond acceptors (Lipinski definition) is 3. The van der Waals surface area contributed by atoms with Gasteiger partial charge >= 0.3 is 0 Å². The summed E-state index contributed by atoms with van der Waals surface area (Å²) in [6.45, 7) is 0.391. The molecule has 0 atom stereocenters. The molecule has 1 heterocycles. The number of aromatic nitrogens is 2. The van der Waals surface area contributed by atoms with E-state index < -0.39 is 10.0 Å². The lowest BCUT2D eigenvalue weighted by Crippen LogP contribution is -2.22. The van der Waals surface area contributed by atoms with Gasteiger partial charge in [0, 0.05) is 30.8 Å². The number of H-pyrrole nitrogens is 1. The highest BCUT2D eigenvalue weighted by Gasteiger charge is 2.04. The molecule has 0 amide bonds. The Hall–Kier alpha value is -1.92. The van der Waals surface area contributed by atoms with Crippen molar-refractivity contribution in [1.29, 1.82) is 0 Å². The average molecular weight is 291 g/mol. The topological polar surface area (TPSA) is 74.8 Å². The quantitative estimate of drug-likeness (QED) is 0.765. The van der Waals surface area contributed by atoms with E-state index in [1.807, 2.05) is 30.3 Å². The van der Waals surface area contributed by atoms with Crippen LogP contribution in [0.4, 0.5) is 0 Å². The van der Waals surface area contributed by atoms with Crippen molar-refractivity contribution in [3.8, 4) is 0 Å². The molecule has 0 aliphatic carbocycles. The van der Waals surface area contributed by atoms with E-state index in [2.05, 4.69) is 14.7 Å². The molecule has 2 N–H and O–H groups in total. The first-order chi connectivity index (χ1) is 9.66. The maximum atomic E-state index is 11.7. The van der Waals surface area contributed by atoms with Crippen LogP contribution in [0.3, 0.4) is 0 Å². The van der Waals surface area contributed by atoms with Crippen LogP contribution in [0.1, 0.15) is 17.8 Å². The Labute approximate surface area is 118 Å². The molecular weight excluding hydrogens is 274 g/mol. The van der Waals surface area contributed by atoms with Crippen molar-refractivity contribution in [2.75, 3.05) is 6.54 Å². The molecule has 0 unspecified atom stereocenters. The fourth-order valence-corrected chi connectivity index (χ4v) is 2.55. The van der Waals surface area contributed by atoms with Gasteiger partial charge in [0.25, 0.3) is 0 Å². The zero-order chi connectivity index (χ0) is 14.3. The highest BCUT2D eigenvalue weighted by Crippen LogP contribution is 2.03. The molecule has 20 heavy (non-hydrogen) atoms. The first-order valence-electron chi connectivity index (χ1n) is 6.37. The van der Waals surface area contributed by atoms with E-state index in [9.17, 15) is 8.42 Å². The molecule has 0 spiro atoms. The van der Waals surface area contributed by atoms with Crippen molar-refractivity contribution < 1.29 is 8.42 Å². The van der Waals surface area contributed by atoms with Gasteiger partial charge in [-0.15, -0.1) is 0 Å². The highest BCUT2D eigenvalue weighted by molar-refractivity contribution is 7.92. The molecule has 0 saturated carbocycles. The Morgan fingerprint density at radius 2 is 2.05 bits per heavy atom. The molecule has 6 heteroatoms. The fraction of sp³-hybridized carbons (Fsp3) is 0.214. The van der Waals surface area contributed by atoms with Crippen LogP contribution in [0.2, 0.25) is 0 Å². The SMILES string of the molecule is O=S(=O)(/C=C/c1ccccc1)NCCCc1ncc[nH]1. The Morgan fingerprint density at radius 3 is 2.75 bits per heavy atom. The second-order valence-electron chi connectivity index (χ2n) is 4.29. The lowest BCUT2D eigenvalue weighted by molar-refractivity contribution is 0.587. The number of hydrogen-bond donors (Lipinski definition) is 2. The van der Waals surface area contributed by atoms with Crippen LogP contribution in [0.15, 0.2) is 48.1 Å². The van der Waals surface area contributed by atoms with E-state index >= 15 is 0 Å². The molecule has 5 nitrogen and oxygen atoms in total. The van der Waals surface area contributed by atoms with E-state index in [0.29, 0.717) is 13.0 Å². The van der Waals surface area contributed by atoms with Crippen molar-refractivity contribution in [1.82, 2.24) is 14.7 Å². The molecule has 0 radical (unpaired) electrons. The smallest absolute Gasteiger partial charge is 0.233 e. The summed E-state index contributed by atoms with van der Waals surface area (Å²) in [5.74, 6) is 0.865. The standard InChI is InChI=1S/C14H17N3O2S/c18-20(19,12-8-13-5-2-1-3-6-13)17-9-4-7-14-15-10-11-16-14/h1-3,5-6,8,10-12,17H,4,7,9H2,(H,15,16)/b12-8+. The molecule has 0 fully saturated rings. The summed E-state index contributed by atoms with van der Waals surface area (Å²) in [7, 11) is -3.38. The number of sulfonamides is 1. The number of benzene rings is 1. The lowest BCUT2D eigenvalue weighted by Gasteiger charge is -2.01. The summed E-state index contributed by atoms with van der Waals surface area (Å²) in [4.78, 5) is 7.06. The lowest BCUT2D eigenvalue weighted by atomic mass is 10.2. The molecule has 1 aromatic heterocycles. The normalized spacial score (nSPS) is 12.0. The predicted octanol–water partition coefficient (Wildman–Crippen LogP) is 1.93. The number of rotatable bonds is 7. The van der Waals surface area contributed by atoms with Gasteiger partial charge in [-0.2, -0.15) is 0 Å². The number of aromatic amines is 1. The van der Waals surface area contributed by atoms with Crippen molar-refractivity contribution in [3.63, 3.8) is 0 Å². The molecule has 0 saturated heterocycles. The average Bonchev–Trinajstić information content (AvgIpc) is 2.96. The van der Waals surface area contributed by atoms with E-state index in [4.69, 9.17) is 0 Å². The van der Waals surface area contributed by atoms with Crippen molar-refractivity contribution in [2.45, 2.75) is 12.8 Å². The summed E-state index contributed by atoms with van der Waals surface area (Å²) >= 11 is 0. The third kappa shape index (κ3) is 4.99. The first-order valence-corrected chi connectivity index (χ1v) is 7.91. The maximum Gasteiger partial charge on any atom is 0.233 e. The Balaban J connectivity index is 1.78. The fourth-order valence-electron chi connectivity index (χ4n) is 1.69. The van der Waals surface area contributed by atoms with E-state index in [-0.39, 0.29) is 0 Å². The highest BCUT2D eigenvalue weighted by atomic mass is 32.2. The van der Waals surface area contributed by atoms with Gasteiger partial charge in [0.2, 0.25) is 10.0 Å². The van der Waals surface area contributed by atoms with Crippen molar-refractivity contribution >= 4 is 16.1 Å². The van der Waals surface area contributed by atoms with Gasteiger partial charge < -0.3 is 4.98 Å². The van der Waals surface area contributed by atoms with Crippen LogP contribution in [0, 0.1) is 0 Å². The van der Waals surface area contributed by atoms with Gasteiger partial charge in [-0.3, -0.25) is 0 Å². The maximum absolute atomic E-state index is 11.7. The number of aryl methyl sites for hydroxylation is 1. The van der Waals surface area contributed by atoms with Gasteiger partial charge in [-0.05, 0) is 18.1 Å². The molecule has 0 bridgehead atoms. The molecule has 106 valence electrons. The second-order valence-corrected chi connectivity index (χ2v) is 5.94. The molecule has 2 rings (SSSR count). The van der Waals surface area contributed by atoms with Crippen LogP contribution < -0.4 is 4.72 Å². The molecular formula is C14H17N3O2S. The van der Waals surface area contributed by atoms with Crippen molar-refractivity contribution in [2.24, 2.45) is 0 Å². The Bertz CT molecular complexity index is 634. The van der Waals surface area contributed by atoms with Crippen LogP contribution in [0.25, 0.3) is 6.08 Å². The Morgan fingerprint density at radius 1 is 1.25 bits per heavy atom. The van der Waals surface area contributed by atoms with Gasteiger partial charge in [-0.1, -0.05) is 30.3 Å². The summed E-state index contributed by atoms with van der Waals surface area (Å²) in [6, 6.07) is 9.32. The third-order valence-electron chi connectivity index (χ3n) is 2.69. The van der Waals surface area contributed by atoms with Crippen LogP contribution >= 0.6 is 0 Å². The summed E-state index contributed by atoms with van der Waals surface area (Å²) in [6.07, 6.45) is 6.43. The van der Waals surface area contributed by atoms with Crippen LogP contribution in [-0.4, -0.2) is 24.9 Å². The minimum Gasteiger partial charge on any atom is -0.349 e. The molecule has 1 aromatic carbocycles. The number of nitrogens with one attached hydrogen (secondary N) is 2. The molecule has 0 aliphatic rings. The summed E-state index contributed by atoms with van der Waals surface area (Å²) in [5.41, 5.74) is 0.855. The first kappa shape index (κ1) is 14.5. The third-order valence-corrected chi connectivity index (χ3v) is 3.79. The van der Waals surface area contributed by atoms with Crippen molar-refractivity contribution in [3.05, 3.63) is 59.5 Å². The van der Waals surface area contributed by atoms with E-state index in [0.717, 1.165) is 17.8 Å². The number of imidazole rings is 1. The van der Waals surface area contributed by atoms with Gasteiger partial charge in [0.15, 0.2) is 0 Å². The summed E-state index contributed by atoms with van der Waals surface area (Å²) < 4.78 is 26.0. The second kappa shape index (κ2) is 7.02. The van der Waals surface area contributed by atoms with E-state index in [1.54, 1.807) is 18.5 Å². The minimum absolute atomic E-state index is 0.391. The predicted molar refractivity (Wildman–Crippen MR) is 79.3 cm³/mol. The zero-order valence-electron chi connectivity index (χ0n) is 11.0. The minimum atomic E-state index is -3.38. The van der Waals surface area contributed by atoms with Gasteiger partial charge in [-0.25, -0.2) is 18.1 Å². The van der Waals surface area contributed by atoms with Crippen LogP contribution in [-0.2, 0) is 16.4 Å². The van der Waals surface area contributed by atoms with Crippen LogP contribution in [0.5, 0.6) is 0 Å². The zero-order valence-corrected chi connectivity index (χ0v) is 11.8.